The van der Waals surface area contributed by atoms with E-state index in [9.17, 15) is 4.79 Å². The number of halogens is 2. The van der Waals surface area contributed by atoms with Crippen molar-refractivity contribution in [1.82, 2.24) is 0 Å². The van der Waals surface area contributed by atoms with E-state index in [1.807, 2.05) is 84.9 Å². The molecule has 4 aromatic rings. The van der Waals surface area contributed by atoms with Crippen molar-refractivity contribution in [3.63, 3.8) is 0 Å². The quantitative estimate of drug-likeness (QED) is 0.266. The molecule has 0 N–H and O–H groups in total. The molecule has 3 nitrogen and oxygen atoms in total. The molecule has 1 amide bonds. The first-order chi connectivity index (χ1) is 15.6. The van der Waals surface area contributed by atoms with Gasteiger partial charge in [-0.3, -0.25) is 9.69 Å². The van der Waals surface area contributed by atoms with Crippen molar-refractivity contribution in [1.29, 1.82) is 0 Å². The van der Waals surface area contributed by atoms with Gasteiger partial charge in [0.05, 0.1) is 11.4 Å². The van der Waals surface area contributed by atoms with Crippen LogP contribution in [0.25, 0.3) is 23.1 Å². The lowest BCUT2D eigenvalue weighted by atomic mass is 10.1. The SMILES string of the molecule is O=C1C(=Cc2ccc(-c3ccc(Br)cc3)o2)C=C(c2ccccc2)N1c1cccc(Cl)c1. The van der Waals surface area contributed by atoms with Crippen molar-refractivity contribution in [3.05, 3.63) is 123 Å². The maximum atomic E-state index is 13.4. The molecule has 0 spiro atoms. The number of furan rings is 1. The summed E-state index contributed by atoms with van der Waals surface area (Å²) in [7, 11) is 0. The van der Waals surface area contributed by atoms with Gasteiger partial charge < -0.3 is 4.42 Å². The number of hydrogen-bond donors (Lipinski definition) is 0. The van der Waals surface area contributed by atoms with Crippen LogP contribution >= 0.6 is 27.5 Å². The van der Waals surface area contributed by atoms with Crippen molar-refractivity contribution in [2.24, 2.45) is 0 Å². The van der Waals surface area contributed by atoms with Crippen LogP contribution in [0.2, 0.25) is 5.02 Å². The maximum Gasteiger partial charge on any atom is 0.263 e. The van der Waals surface area contributed by atoms with Crippen molar-refractivity contribution in [2.75, 3.05) is 4.90 Å². The molecule has 32 heavy (non-hydrogen) atoms. The van der Waals surface area contributed by atoms with E-state index in [-0.39, 0.29) is 5.91 Å². The van der Waals surface area contributed by atoms with Crippen LogP contribution in [0.3, 0.4) is 0 Å². The lowest BCUT2D eigenvalue weighted by Gasteiger charge is -2.21. The Morgan fingerprint density at radius 1 is 0.844 bits per heavy atom. The Labute approximate surface area is 199 Å². The van der Waals surface area contributed by atoms with Gasteiger partial charge in [0.2, 0.25) is 0 Å². The molecule has 0 atom stereocenters. The van der Waals surface area contributed by atoms with E-state index in [0.29, 0.717) is 16.4 Å². The topological polar surface area (TPSA) is 33.5 Å². The van der Waals surface area contributed by atoms with Crippen LogP contribution in [0.4, 0.5) is 5.69 Å². The fourth-order valence-electron chi connectivity index (χ4n) is 3.66. The molecular formula is C27H17BrClNO2. The highest BCUT2D eigenvalue weighted by Gasteiger charge is 2.30. The van der Waals surface area contributed by atoms with E-state index >= 15 is 0 Å². The average Bonchev–Trinajstić information content (AvgIpc) is 3.40. The number of carbonyl (C=O) groups is 1. The highest BCUT2D eigenvalue weighted by Crippen LogP contribution is 2.36. The number of amides is 1. The van der Waals surface area contributed by atoms with E-state index in [1.165, 1.54) is 0 Å². The summed E-state index contributed by atoms with van der Waals surface area (Å²) >= 11 is 9.66. The summed E-state index contributed by atoms with van der Waals surface area (Å²) in [6.45, 7) is 0. The molecule has 2 heterocycles. The van der Waals surface area contributed by atoms with E-state index in [2.05, 4.69) is 15.9 Å². The monoisotopic (exact) mass is 501 g/mol. The third-order valence-corrected chi connectivity index (χ3v) is 5.94. The van der Waals surface area contributed by atoms with Gasteiger partial charge in [-0.1, -0.05) is 76.1 Å². The molecule has 0 saturated heterocycles. The van der Waals surface area contributed by atoms with Crippen molar-refractivity contribution in [2.45, 2.75) is 0 Å². The molecule has 0 bridgehead atoms. The zero-order valence-corrected chi connectivity index (χ0v) is 19.2. The van der Waals surface area contributed by atoms with Gasteiger partial charge in [0.15, 0.2) is 0 Å². The molecule has 0 unspecified atom stereocenters. The normalized spacial score (nSPS) is 14.8. The van der Waals surface area contributed by atoms with E-state index < -0.39 is 0 Å². The molecule has 0 fully saturated rings. The first-order valence-electron chi connectivity index (χ1n) is 10.0. The van der Waals surface area contributed by atoms with Crippen LogP contribution in [0.5, 0.6) is 0 Å². The summed E-state index contributed by atoms with van der Waals surface area (Å²) < 4.78 is 7.01. The second-order valence-corrected chi connectivity index (χ2v) is 8.68. The van der Waals surface area contributed by atoms with Crippen LogP contribution in [0.1, 0.15) is 11.3 Å². The van der Waals surface area contributed by atoms with Gasteiger partial charge in [0, 0.05) is 20.6 Å². The average molecular weight is 503 g/mol. The number of nitrogens with zero attached hydrogens (tertiary/aromatic N) is 1. The fourth-order valence-corrected chi connectivity index (χ4v) is 4.11. The van der Waals surface area contributed by atoms with E-state index in [1.54, 1.807) is 23.1 Å². The number of carbonyl (C=O) groups excluding carboxylic acids is 1. The number of hydrogen-bond acceptors (Lipinski definition) is 2. The van der Waals surface area contributed by atoms with Gasteiger partial charge in [-0.25, -0.2) is 0 Å². The standard InChI is InChI=1S/C27H17BrClNO2/c28-21-11-9-19(10-12-21)26-14-13-24(32-26)15-20-16-25(18-5-2-1-3-6-18)30(27(20)31)23-8-4-7-22(29)17-23/h1-17H. The van der Waals surface area contributed by atoms with Crippen LogP contribution in [-0.2, 0) is 4.79 Å². The van der Waals surface area contributed by atoms with Crippen LogP contribution in [-0.4, -0.2) is 5.91 Å². The van der Waals surface area contributed by atoms with Crippen molar-refractivity contribution in [3.8, 4) is 11.3 Å². The Morgan fingerprint density at radius 3 is 2.38 bits per heavy atom. The highest BCUT2D eigenvalue weighted by atomic mass is 79.9. The molecule has 1 aliphatic heterocycles. The predicted octanol–water partition coefficient (Wildman–Crippen LogP) is 7.83. The molecular weight excluding hydrogens is 486 g/mol. The van der Waals surface area contributed by atoms with Gasteiger partial charge in [0.25, 0.3) is 5.91 Å². The van der Waals surface area contributed by atoms with Gasteiger partial charge >= 0.3 is 0 Å². The summed E-state index contributed by atoms with van der Waals surface area (Å²) in [6.07, 6.45) is 3.67. The van der Waals surface area contributed by atoms with Crippen molar-refractivity contribution < 1.29 is 9.21 Å². The first kappa shape index (κ1) is 20.6. The van der Waals surface area contributed by atoms with Gasteiger partial charge in [-0.05, 0) is 60.2 Å². The molecule has 156 valence electrons. The maximum absolute atomic E-state index is 13.4. The van der Waals surface area contributed by atoms with E-state index in [0.717, 1.165) is 32.7 Å². The number of rotatable bonds is 4. The van der Waals surface area contributed by atoms with E-state index in [4.69, 9.17) is 16.0 Å². The van der Waals surface area contributed by atoms with Crippen molar-refractivity contribution >= 4 is 50.9 Å². The molecule has 1 aliphatic rings. The molecule has 0 radical (unpaired) electrons. The molecule has 0 saturated carbocycles. The highest BCUT2D eigenvalue weighted by molar-refractivity contribution is 9.10. The largest absolute Gasteiger partial charge is 0.457 e. The molecule has 5 rings (SSSR count). The lowest BCUT2D eigenvalue weighted by Crippen LogP contribution is -2.24. The minimum absolute atomic E-state index is 0.132. The summed E-state index contributed by atoms with van der Waals surface area (Å²) in [5.41, 5.74) is 3.97. The smallest absolute Gasteiger partial charge is 0.263 e. The molecule has 0 aliphatic carbocycles. The second kappa shape index (κ2) is 8.65. The third kappa shape index (κ3) is 4.07. The number of anilines is 1. The minimum Gasteiger partial charge on any atom is -0.457 e. The van der Waals surface area contributed by atoms with Crippen LogP contribution in [0, 0.1) is 0 Å². The minimum atomic E-state index is -0.132. The lowest BCUT2D eigenvalue weighted by molar-refractivity contribution is -0.113. The summed E-state index contributed by atoms with van der Waals surface area (Å²) in [6, 6.07) is 28.8. The van der Waals surface area contributed by atoms with Gasteiger partial charge in [0.1, 0.15) is 11.5 Å². The Morgan fingerprint density at radius 2 is 1.62 bits per heavy atom. The van der Waals surface area contributed by atoms with Gasteiger partial charge in [-0.15, -0.1) is 0 Å². The Hall–Kier alpha value is -3.34. The molecule has 1 aromatic heterocycles. The summed E-state index contributed by atoms with van der Waals surface area (Å²) in [5.74, 6) is 1.23. The van der Waals surface area contributed by atoms with Crippen LogP contribution in [0.15, 0.2) is 112 Å². The predicted molar refractivity (Wildman–Crippen MR) is 133 cm³/mol. The fraction of sp³-hybridized carbons (Fsp3) is 0. The Bertz CT molecular complexity index is 1350. The molecule has 5 heteroatoms. The number of benzene rings is 3. The zero-order valence-electron chi connectivity index (χ0n) is 16.8. The third-order valence-electron chi connectivity index (χ3n) is 5.17. The second-order valence-electron chi connectivity index (χ2n) is 7.32. The molecule has 3 aromatic carbocycles. The summed E-state index contributed by atoms with van der Waals surface area (Å²) in [5, 5.41) is 0.574. The summed E-state index contributed by atoms with van der Waals surface area (Å²) in [4.78, 5) is 15.1. The first-order valence-corrected chi connectivity index (χ1v) is 11.2. The Kier molecular flexibility index (Phi) is 5.56. The Balaban J connectivity index is 1.54. The van der Waals surface area contributed by atoms with Crippen LogP contribution < -0.4 is 4.90 Å². The van der Waals surface area contributed by atoms with Gasteiger partial charge in [-0.2, -0.15) is 0 Å². The zero-order chi connectivity index (χ0) is 22.1.